The summed E-state index contributed by atoms with van der Waals surface area (Å²) >= 11 is 6.48. The SMILES string of the molecule is CC1=CC(OCc2ncc(F)cc2F)=C(Cl)C(=O)[N+]1(C)c1cc(-n2cccc([C@@](C)(O)C3CC3)c2=O)ncc1C. The summed E-state index contributed by atoms with van der Waals surface area (Å²) < 4.78 is 33.8. The first kappa shape index (κ1) is 27.8. The normalized spacial score (nSPS) is 20.8. The number of halogens is 3. The van der Waals surface area contributed by atoms with Gasteiger partial charge in [0, 0.05) is 48.7 Å². The minimum absolute atomic E-state index is 0.0292. The van der Waals surface area contributed by atoms with Crippen LogP contribution in [-0.2, 0) is 21.7 Å². The summed E-state index contributed by atoms with van der Waals surface area (Å²) in [4.78, 5) is 35.3. The van der Waals surface area contributed by atoms with Gasteiger partial charge in [0.1, 0.15) is 29.6 Å². The molecule has 0 radical (unpaired) electrons. The molecule has 1 N–H and O–H groups in total. The van der Waals surface area contributed by atoms with Gasteiger partial charge in [-0.25, -0.2) is 18.6 Å². The van der Waals surface area contributed by atoms with Gasteiger partial charge < -0.3 is 9.84 Å². The quantitative estimate of drug-likeness (QED) is 0.408. The van der Waals surface area contributed by atoms with Crippen LogP contribution >= 0.6 is 11.6 Å². The van der Waals surface area contributed by atoms with Crippen LogP contribution < -0.4 is 10.0 Å². The molecular formula is C29H28ClF2N4O4+. The molecule has 1 amide bonds. The third-order valence-electron chi connectivity index (χ3n) is 7.76. The first-order valence-electron chi connectivity index (χ1n) is 12.7. The molecule has 5 rings (SSSR count). The van der Waals surface area contributed by atoms with Crippen LogP contribution in [-0.4, -0.2) is 32.6 Å². The van der Waals surface area contributed by atoms with Crippen molar-refractivity contribution in [1.29, 1.82) is 0 Å². The van der Waals surface area contributed by atoms with Crippen molar-refractivity contribution in [2.24, 2.45) is 5.92 Å². The fourth-order valence-corrected chi connectivity index (χ4v) is 5.26. The molecule has 1 fully saturated rings. The van der Waals surface area contributed by atoms with E-state index < -0.39 is 28.7 Å². The molecule has 1 saturated carbocycles. The summed E-state index contributed by atoms with van der Waals surface area (Å²) in [5.74, 6) is -1.87. The lowest BCUT2D eigenvalue weighted by Gasteiger charge is -2.35. The maximum absolute atomic E-state index is 14.0. The number of rotatable bonds is 7. The molecule has 1 aliphatic carbocycles. The Morgan fingerprint density at radius 2 is 1.93 bits per heavy atom. The predicted molar refractivity (Wildman–Crippen MR) is 145 cm³/mol. The highest BCUT2D eigenvalue weighted by Gasteiger charge is 2.46. The zero-order chi connectivity index (χ0) is 29.0. The minimum atomic E-state index is -1.25. The van der Waals surface area contributed by atoms with E-state index in [0.29, 0.717) is 23.0 Å². The van der Waals surface area contributed by atoms with Crippen LogP contribution in [0.1, 0.15) is 43.5 Å². The zero-order valence-corrected chi connectivity index (χ0v) is 23.2. The predicted octanol–water partition coefficient (Wildman–Crippen LogP) is 4.88. The number of carbonyl (C=O) groups is 1. The number of quaternary nitrogens is 1. The summed E-state index contributed by atoms with van der Waals surface area (Å²) in [5, 5.41) is 10.8. The first-order valence-corrected chi connectivity index (χ1v) is 13.1. The van der Waals surface area contributed by atoms with Crippen molar-refractivity contribution in [1.82, 2.24) is 19.0 Å². The maximum Gasteiger partial charge on any atom is 0.370 e. The highest BCUT2D eigenvalue weighted by molar-refractivity contribution is 6.44. The van der Waals surface area contributed by atoms with Gasteiger partial charge in [-0.1, -0.05) is 11.6 Å². The van der Waals surface area contributed by atoms with Crippen molar-refractivity contribution in [2.45, 2.75) is 45.8 Å². The van der Waals surface area contributed by atoms with Gasteiger partial charge >= 0.3 is 5.91 Å². The standard InChI is InChI=1S/C29H28ClF2N4O4/c1-16-13-34-25(35-9-5-6-20(27(35)37)29(3,39)18-7-8-18)12-23(16)36(4)17(2)10-24(26(30)28(36)38)40-15-22-21(32)11-19(31)14-33-22/h5-6,9-14,18,39H,7-8,15H2,1-4H3/q+1/t29-,36?/m0/s1. The van der Waals surface area contributed by atoms with Crippen molar-refractivity contribution in [2.75, 3.05) is 7.05 Å². The van der Waals surface area contributed by atoms with E-state index in [4.69, 9.17) is 16.3 Å². The van der Waals surface area contributed by atoms with Crippen molar-refractivity contribution >= 4 is 23.2 Å². The van der Waals surface area contributed by atoms with Crippen LogP contribution in [0.3, 0.4) is 0 Å². The fourth-order valence-electron chi connectivity index (χ4n) is 4.98. The number of aliphatic hydroxyl groups is 1. The van der Waals surface area contributed by atoms with Gasteiger partial charge in [-0.3, -0.25) is 14.3 Å². The third kappa shape index (κ3) is 4.66. The number of hydrogen-bond acceptors (Lipinski definition) is 6. The largest absolute Gasteiger partial charge is 0.485 e. The van der Waals surface area contributed by atoms with Gasteiger partial charge in [0.2, 0.25) is 0 Å². The summed E-state index contributed by atoms with van der Waals surface area (Å²) in [6.45, 7) is 4.81. The van der Waals surface area contributed by atoms with Crippen LogP contribution in [0, 0.1) is 24.5 Å². The second kappa shape index (κ2) is 10.0. The minimum Gasteiger partial charge on any atom is -0.485 e. The monoisotopic (exact) mass is 569 g/mol. The molecule has 4 heterocycles. The highest BCUT2D eigenvalue weighted by Crippen LogP contribution is 2.44. The molecule has 0 saturated heterocycles. The number of ether oxygens (including phenoxy) is 1. The second-order valence-electron chi connectivity index (χ2n) is 10.5. The van der Waals surface area contributed by atoms with Gasteiger partial charge in [0.15, 0.2) is 22.3 Å². The second-order valence-corrected chi connectivity index (χ2v) is 10.9. The lowest BCUT2D eigenvalue weighted by Crippen LogP contribution is -2.51. The van der Waals surface area contributed by atoms with Crippen LogP contribution in [0.15, 0.2) is 70.2 Å². The Balaban J connectivity index is 1.50. The van der Waals surface area contributed by atoms with Gasteiger partial charge in [-0.15, -0.1) is 0 Å². The van der Waals surface area contributed by atoms with Gasteiger partial charge in [-0.05, 0) is 44.7 Å². The van der Waals surface area contributed by atoms with Gasteiger partial charge in [0.05, 0.1) is 18.8 Å². The van der Waals surface area contributed by atoms with Crippen LogP contribution in [0.4, 0.5) is 14.5 Å². The van der Waals surface area contributed by atoms with Crippen LogP contribution in [0.5, 0.6) is 0 Å². The number of allylic oxidation sites excluding steroid dienone is 2. The molecule has 0 bridgehead atoms. The van der Waals surface area contributed by atoms with Crippen LogP contribution in [0.2, 0.25) is 0 Å². The number of hydrogen-bond donors (Lipinski definition) is 1. The molecule has 2 atom stereocenters. The number of aryl methyl sites for hydroxylation is 1. The molecule has 0 aromatic carbocycles. The Morgan fingerprint density at radius 1 is 1.20 bits per heavy atom. The number of amides is 1. The number of likely N-dealkylation sites (N-methyl/N-ethyl adjacent to an activating group) is 1. The summed E-state index contributed by atoms with van der Waals surface area (Å²) in [6.07, 6.45) is 7.29. The molecule has 1 unspecified atom stereocenters. The number of pyridine rings is 3. The summed E-state index contributed by atoms with van der Waals surface area (Å²) in [6, 6.07) is 5.65. The Bertz CT molecular complexity index is 1660. The molecule has 40 heavy (non-hydrogen) atoms. The molecule has 208 valence electrons. The van der Waals surface area contributed by atoms with E-state index in [-0.39, 0.29) is 44.9 Å². The molecule has 3 aromatic heterocycles. The highest BCUT2D eigenvalue weighted by atomic mass is 35.5. The average molecular weight is 570 g/mol. The summed E-state index contributed by atoms with van der Waals surface area (Å²) in [5.41, 5.74) is 0.239. The zero-order valence-electron chi connectivity index (χ0n) is 22.4. The van der Waals surface area contributed by atoms with Gasteiger partial charge in [-0.2, -0.15) is 4.48 Å². The molecule has 3 aromatic rings. The van der Waals surface area contributed by atoms with Crippen molar-refractivity contribution < 1.29 is 23.4 Å². The number of carbonyl (C=O) groups excluding carboxylic acids is 1. The number of aromatic nitrogens is 3. The molecular weight excluding hydrogens is 542 g/mol. The fraction of sp³-hybridized carbons (Fsp3) is 0.310. The lowest BCUT2D eigenvalue weighted by molar-refractivity contribution is -0.123. The number of nitrogens with zero attached hydrogens (tertiary/aromatic N) is 4. The van der Waals surface area contributed by atoms with E-state index in [1.54, 1.807) is 64.5 Å². The molecule has 11 heteroatoms. The Hall–Kier alpha value is -3.73. The topological polar surface area (TPSA) is 94.3 Å². The molecule has 0 spiro atoms. The van der Waals surface area contributed by atoms with E-state index in [9.17, 15) is 23.5 Å². The first-order chi connectivity index (χ1) is 18.9. The lowest BCUT2D eigenvalue weighted by atomic mass is 9.92. The van der Waals surface area contributed by atoms with Gasteiger partial charge in [0.25, 0.3) is 5.56 Å². The van der Waals surface area contributed by atoms with E-state index in [0.717, 1.165) is 19.0 Å². The van der Waals surface area contributed by atoms with E-state index in [2.05, 4.69) is 9.97 Å². The molecule has 2 aliphatic rings. The van der Waals surface area contributed by atoms with E-state index in [1.807, 2.05) is 0 Å². The average Bonchev–Trinajstić information content (AvgIpc) is 3.77. The van der Waals surface area contributed by atoms with E-state index >= 15 is 0 Å². The third-order valence-corrected chi connectivity index (χ3v) is 8.11. The Morgan fingerprint density at radius 3 is 2.60 bits per heavy atom. The smallest absolute Gasteiger partial charge is 0.370 e. The molecule has 1 aliphatic heterocycles. The van der Waals surface area contributed by atoms with Crippen molar-refractivity contribution in [3.8, 4) is 5.82 Å². The van der Waals surface area contributed by atoms with Crippen molar-refractivity contribution in [3.05, 3.63) is 104 Å². The maximum atomic E-state index is 14.0. The van der Waals surface area contributed by atoms with E-state index in [1.165, 1.54) is 4.57 Å². The Labute approximate surface area is 234 Å². The van der Waals surface area contributed by atoms with Crippen molar-refractivity contribution in [3.63, 3.8) is 0 Å². The summed E-state index contributed by atoms with van der Waals surface area (Å²) in [7, 11) is 1.66. The molecule has 8 nitrogen and oxygen atoms in total. The Kier molecular flexibility index (Phi) is 6.98. The van der Waals surface area contributed by atoms with Crippen LogP contribution in [0.25, 0.3) is 5.82 Å².